The summed E-state index contributed by atoms with van der Waals surface area (Å²) in [5.41, 5.74) is -1.87. The van der Waals surface area contributed by atoms with Gasteiger partial charge in [0.15, 0.2) is 0 Å². The predicted molar refractivity (Wildman–Crippen MR) is 88.0 cm³/mol. The smallest absolute Gasteiger partial charge is 0.408 e. The molecule has 0 spiro atoms. The second-order valence-corrected chi connectivity index (χ2v) is 5.10. The third-order valence-electron chi connectivity index (χ3n) is 3.19. The van der Waals surface area contributed by atoms with Gasteiger partial charge in [-0.1, -0.05) is 30.3 Å². The number of nitrogens with one attached hydrogen (secondary N) is 1. The van der Waals surface area contributed by atoms with E-state index >= 15 is 0 Å². The van der Waals surface area contributed by atoms with Crippen LogP contribution in [0.25, 0.3) is 0 Å². The molecule has 0 saturated heterocycles. The number of carboxylic acids is 1. The zero-order chi connectivity index (χ0) is 19.6. The monoisotopic (exact) mass is 367 g/mol. The molecule has 0 unspecified atom stereocenters. The molecular weight excluding hydrogens is 346 g/mol. The van der Waals surface area contributed by atoms with Gasteiger partial charge >= 0.3 is 24.0 Å². The Morgan fingerprint density at radius 1 is 0.962 bits per heavy atom. The van der Waals surface area contributed by atoms with Crippen molar-refractivity contribution in [2.75, 3.05) is 13.2 Å². The van der Waals surface area contributed by atoms with Crippen LogP contribution in [0.5, 0.6) is 0 Å². The fraction of sp³-hybridized carbons (Fsp3) is 0.412. The lowest BCUT2D eigenvalue weighted by Crippen LogP contribution is -2.62. The molecule has 142 valence electrons. The Morgan fingerprint density at radius 3 is 1.96 bits per heavy atom. The molecule has 9 heteroatoms. The van der Waals surface area contributed by atoms with Crippen molar-refractivity contribution in [2.24, 2.45) is 0 Å². The maximum absolute atomic E-state index is 12.3. The van der Waals surface area contributed by atoms with Crippen LogP contribution in [0.15, 0.2) is 30.3 Å². The van der Waals surface area contributed by atoms with Gasteiger partial charge in [-0.2, -0.15) is 0 Å². The first-order valence-corrected chi connectivity index (χ1v) is 7.90. The number of carboxylic acid groups (broad SMARTS) is 1. The van der Waals surface area contributed by atoms with Gasteiger partial charge in [0.1, 0.15) is 6.61 Å². The van der Waals surface area contributed by atoms with Crippen molar-refractivity contribution in [2.45, 2.75) is 32.4 Å². The van der Waals surface area contributed by atoms with Gasteiger partial charge in [0.2, 0.25) is 5.54 Å². The maximum atomic E-state index is 12.3. The number of aliphatic carboxylic acids is 1. The SMILES string of the molecule is CCOC(=O)C(CC(=O)O)(NC(=O)OCc1ccccc1)C(=O)OCC. The number of hydrogen-bond acceptors (Lipinski definition) is 7. The van der Waals surface area contributed by atoms with Crippen molar-refractivity contribution in [3.8, 4) is 0 Å². The molecular formula is C17H21NO8. The lowest BCUT2D eigenvalue weighted by molar-refractivity contribution is -0.169. The van der Waals surface area contributed by atoms with Crippen LogP contribution in [0.1, 0.15) is 25.8 Å². The van der Waals surface area contributed by atoms with E-state index in [9.17, 15) is 19.2 Å². The number of benzene rings is 1. The number of ether oxygens (including phenoxy) is 3. The molecule has 0 bridgehead atoms. The molecule has 0 radical (unpaired) electrons. The van der Waals surface area contributed by atoms with Crippen LogP contribution in [-0.4, -0.2) is 47.9 Å². The van der Waals surface area contributed by atoms with Crippen LogP contribution in [0.2, 0.25) is 0 Å². The van der Waals surface area contributed by atoms with Crippen LogP contribution in [0.3, 0.4) is 0 Å². The van der Waals surface area contributed by atoms with E-state index < -0.39 is 36.0 Å². The van der Waals surface area contributed by atoms with Crippen molar-refractivity contribution in [1.29, 1.82) is 0 Å². The third-order valence-corrected chi connectivity index (χ3v) is 3.19. The Labute approximate surface area is 150 Å². The Morgan fingerprint density at radius 2 is 1.50 bits per heavy atom. The molecule has 0 aromatic heterocycles. The molecule has 1 aromatic rings. The summed E-state index contributed by atoms with van der Waals surface area (Å²) in [6.45, 7) is 2.56. The standard InChI is InChI=1S/C17H21NO8/c1-3-24-14(21)17(10-13(19)20,15(22)25-4-2)18-16(23)26-11-12-8-6-5-7-9-12/h5-9H,3-4,10-11H2,1-2H3,(H,18,23)(H,19,20). The first-order chi connectivity index (χ1) is 12.4. The summed E-state index contributed by atoms with van der Waals surface area (Å²) in [6, 6.07) is 8.66. The van der Waals surface area contributed by atoms with E-state index in [1.807, 2.05) is 5.32 Å². The fourth-order valence-corrected chi connectivity index (χ4v) is 2.04. The van der Waals surface area contributed by atoms with E-state index in [1.54, 1.807) is 30.3 Å². The summed E-state index contributed by atoms with van der Waals surface area (Å²) < 4.78 is 14.5. The minimum atomic E-state index is -2.54. The number of carbonyl (C=O) groups is 4. The molecule has 0 atom stereocenters. The summed E-state index contributed by atoms with van der Waals surface area (Å²) in [5, 5.41) is 11.1. The number of amides is 1. The zero-order valence-electron chi connectivity index (χ0n) is 14.5. The molecule has 1 rings (SSSR count). The first kappa shape index (κ1) is 20.9. The number of esters is 2. The van der Waals surface area contributed by atoms with Gasteiger partial charge in [0, 0.05) is 0 Å². The van der Waals surface area contributed by atoms with E-state index in [1.165, 1.54) is 13.8 Å². The minimum Gasteiger partial charge on any atom is -0.481 e. The number of alkyl carbamates (subject to hydrolysis) is 1. The lowest BCUT2D eigenvalue weighted by Gasteiger charge is -2.28. The molecule has 9 nitrogen and oxygen atoms in total. The van der Waals surface area contributed by atoms with Crippen molar-refractivity contribution < 1.29 is 38.5 Å². The Kier molecular flexibility index (Phi) is 8.07. The Bertz CT molecular complexity index is 625. The van der Waals surface area contributed by atoms with Crippen molar-refractivity contribution in [3.05, 3.63) is 35.9 Å². The number of rotatable bonds is 9. The van der Waals surface area contributed by atoms with Crippen LogP contribution in [-0.2, 0) is 35.2 Å². The van der Waals surface area contributed by atoms with Crippen molar-refractivity contribution in [1.82, 2.24) is 5.32 Å². The number of hydrogen-bond donors (Lipinski definition) is 2. The molecule has 1 amide bonds. The second-order valence-electron chi connectivity index (χ2n) is 5.10. The molecule has 2 N–H and O–H groups in total. The highest BCUT2D eigenvalue weighted by Gasteiger charge is 2.52. The van der Waals surface area contributed by atoms with E-state index in [4.69, 9.17) is 19.3 Å². The lowest BCUT2D eigenvalue weighted by atomic mass is 9.95. The van der Waals surface area contributed by atoms with Gasteiger partial charge in [-0.25, -0.2) is 14.4 Å². The van der Waals surface area contributed by atoms with E-state index in [2.05, 4.69) is 0 Å². The molecule has 0 fully saturated rings. The van der Waals surface area contributed by atoms with Gasteiger partial charge in [0.05, 0.1) is 19.6 Å². The summed E-state index contributed by atoms with van der Waals surface area (Å²) in [7, 11) is 0. The fourth-order valence-electron chi connectivity index (χ4n) is 2.04. The Hall–Kier alpha value is -3.10. The highest BCUT2D eigenvalue weighted by molar-refractivity contribution is 6.09. The number of carbonyl (C=O) groups excluding carboxylic acids is 3. The van der Waals surface area contributed by atoms with Gasteiger partial charge in [-0.15, -0.1) is 0 Å². The molecule has 26 heavy (non-hydrogen) atoms. The summed E-state index contributed by atoms with van der Waals surface area (Å²) in [5.74, 6) is -3.98. The van der Waals surface area contributed by atoms with E-state index in [0.717, 1.165) is 0 Å². The highest BCUT2D eigenvalue weighted by atomic mass is 16.6. The molecule has 1 aromatic carbocycles. The Balaban J connectivity index is 3.00. The van der Waals surface area contributed by atoms with E-state index in [0.29, 0.717) is 5.56 Å². The van der Waals surface area contributed by atoms with Crippen molar-refractivity contribution in [3.63, 3.8) is 0 Å². The van der Waals surface area contributed by atoms with Gasteiger partial charge in [-0.3, -0.25) is 10.1 Å². The predicted octanol–water partition coefficient (Wildman–Crippen LogP) is 1.25. The van der Waals surface area contributed by atoms with Gasteiger partial charge in [-0.05, 0) is 19.4 Å². The molecule has 0 saturated carbocycles. The van der Waals surface area contributed by atoms with Gasteiger partial charge in [0.25, 0.3) is 0 Å². The topological polar surface area (TPSA) is 128 Å². The summed E-state index contributed by atoms with van der Waals surface area (Å²) >= 11 is 0. The molecule has 0 heterocycles. The average Bonchev–Trinajstić information content (AvgIpc) is 2.60. The van der Waals surface area contributed by atoms with Crippen molar-refractivity contribution >= 4 is 24.0 Å². The van der Waals surface area contributed by atoms with Gasteiger partial charge < -0.3 is 19.3 Å². The van der Waals surface area contributed by atoms with Crippen LogP contribution in [0.4, 0.5) is 4.79 Å². The highest BCUT2D eigenvalue weighted by Crippen LogP contribution is 2.17. The molecule has 0 aliphatic rings. The largest absolute Gasteiger partial charge is 0.481 e. The zero-order valence-corrected chi connectivity index (χ0v) is 14.5. The van der Waals surface area contributed by atoms with Crippen LogP contribution >= 0.6 is 0 Å². The van der Waals surface area contributed by atoms with Crippen LogP contribution in [0, 0.1) is 0 Å². The quantitative estimate of drug-likeness (QED) is 0.379. The molecule has 0 aliphatic heterocycles. The third kappa shape index (κ3) is 5.76. The average molecular weight is 367 g/mol. The summed E-state index contributed by atoms with van der Waals surface area (Å²) in [4.78, 5) is 47.8. The molecule has 0 aliphatic carbocycles. The van der Waals surface area contributed by atoms with Crippen LogP contribution < -0.4 is 5.32 Å². The second kappa shape index (κ2) is 10.0. The normalized spacial score (nSPS) is 10.5. The maximum Gasteiger partial charge on any atom is 0.408 e. The minimum absolute atomic E-state index is 0.125. The van der Waals surface area contributed by atoms with E-state index in [-0.39, 0.29) is 19.8 Å². The first-order valence-electron chi connectivity index (χ1n) is 7.90. The summed E-state index contributed by atoms with van der Waals surface area (Å²) in [6.07, 6.45) is -2.21.